The van der Waals surface area contributed by atoms with Gasteiger partial charge >= 0.3 is 0 Å². The van der Waals surface area contributed by atoms with Crippen LogP contribution in [-0.4, -0.2) is 11.5 Å². The van der Waals surface area contributed by atoms with Crippen molar-refractivity contribution in [2.45, 2.75) is 6.92 Å². The fourth-order valence-corrected chi connectivity index (χ4v) is 1.79. The summed E-state index contributed by atoms with van der Waals surface area (Å²) >= 11 is 0. The number of nitrogens with zero attached hydrogens (tertiary/aromatic N) is 1. The molecule has 0 aliphatic carbocycles. The van der Waals surface area contributed by atoms with Crippen molar-refractivity contribution in [2.75, 3.05) is 6.54 Å². The van der Waals surface area contributed by atoms with Gasteiger partial charge in [0.05, 0.1) is 12.2 Å². The van der Waals surface area contributed by atoms with E-state index in [1.807, 2.05) is 67.7 Å². The lowest BCUT2D eigenvalue weighted by Gasteiger charge is -2.01. The lowest BCUT2D eigenvalue weighted by Crippen LogP contribution is -2.76. The van der Waals surface area contributed by atoms with E-state index in [2.05, 4.69) is 9.97 Å². The lowest BCUT2D eigenvalue weighted by atomic mass is 10.1. The second kappa shape index (κ2) is 7.33. The summed E-state index contributed by atoms with van der Waals surface area (Å²) < 4.78 is 0. The van der Waals surface area contributed by atoms with Crippen molar-refractivity contribution in [1.29, 1.82) is 0 Å². The monoisotopic (exact) mass is 268 g/mol. The highest BCUT2D eigenvalue weighted by molar-refractivity contribution is 5.64. The lowest BCUT2D eigenvalue weighted by molar-refractivity contribution is -0.578. The minimum Gasteiger partial charge on any atom is -0.636 e. The fraction of sp³-hybridized carbons (Fsp3) is 0.125. The molecule has 2 heterocycles. The third-order valence-electron chi connectivity index (χ3n) is 2.85. The fourth-order valence-electron chi connectivity index (χ4n) is 1.79. The van der Waals surface area contributed by atoms with Crippen molar-refractivity contribution >= 4 is 5.57 Å². The number of pyridine rings is 2. The molecule has 0 bridgehead atoms. The first-order valence-electron chi connectivity index (χ1n) is 6.53. The third-order valence-corrected chi connectivity index (χ3v) is 2.85. The summed E-state index contributed by atoms with van der Waals surface area (Å²) in [7, 11) is 0. The van der Waals surface area contributed by atoms with Crippen LogP contribution >= 0.6 is 0 Å². The number of nitrogens with two attached hydrogens (primary N) is 1. The van der Waals surface area contributed by atoms with E-state index in [4.69, 9.17) is 0 Å². The van der Waals surface area contributed by atoms with Gasteiger partial charge in [-0.25, -0.2) is 9.97 Å². The number of hydroxylamine groups is 1. The summed E-state index contributed by atoms with van der Waals surface area (Å²) in [6.07, 6.45) is 7.55. The quantitative estimate of drug-likeness (QED) is 0.661. The van der Waals surface area contributed by atoms with Crippen molar-refractivity contribution in [1.82, 2.24) is 4.98 Å². The van der Waals surface area contributed by atoms with Crippen molar-refractivity contribution in [2.24, 2.45) is 0 Å². The SMILES string of the molecule is C/C(=C\C=C/C[NH2+][O-])c1cccc(-c2cccc[nH+]2)n1. The highest BCUT2D eigenvalue weighted by Gasteiger charge is 2.06. The molecule has 0 amide bonds. The van der Waals surface area contributed by atoms with Gasteiger partial charge in [0, 0.05) is 12.1 Å². The molecular weight excluding hydrogens is 250 g/mol. The Morgan fingerprint density at radius 2 is 2.20 bits per heavy atom. The van der Waals surface area contributed by atoms with E-state index in [-0.39, 0.29) is 0 Å². The van der Waals surface area contributed by atoms with Gasteiger partial charge in [-0.15, -0.1) is 0 Å². The average Bonchev–Trinajstić information content (AvgIpc) is 2.52. The van der Waals surface area contributed by atoms with Gasteiger partial charge in [-0.05, 0) is 36.8 Å². The maximum Gasteiger partial charge on any atom is 0.229 e. The van der Waals surface area contributed by atoms with E-state index >= 15 is 0 Å². The van der Waals surface area contributed by atoms with Crippen LogP contribution in [0.15, 0.2) is 60.8 Å². The van der Waals surface area contributed by atoms with Crippen molar-refractivity contribution in [3.63, 3.8) is 0 Å². The number of quaternary nitrogens is 1. The predicted molar refractivity (Wildman–Crippen MR) is 79.2 cm³/mol. The van der Waals surface area contributed by atoms with Crippen molar-refractivity contribution in [3.8, 4) is 11.4 Å². The van der Waals surface area contributed by atoms with Crippen LogP contribution in [-0.2, 0) is 0 Å². The molecule has 0 radical (unpaired) electrons. The second-order valence-corrected chi connectivity index (χ2v) is 4.36. The molecular formula is C16H18N3O+. The normalized spacial score (nSPS) is 12.0. The largest absolute Gasteiger partial charge is 0.636 e. The number of hydrogen-bond acceptors (Lipinski definition) is 2. The molecule has 0 fully saturated rings. The summed E-state index contributed by atoms with van der Waals surface area (Å²) in [4.78, 5) is 7.81. The van der Waals surface area contributed by atoms with Gasteiger partial charge in [-0.2, -0.15) is 0 Å². The Labute approximate surface area is 118 Å². The number of allylic oxidation sites excluding steroid dienone is 3. The summed E-state index contributed by atoms with van der Waals surface area (Å²) in [6.45, 7) is 2.45. The average molecular weight is 268 g/mol. The molecule has 4 nitrogen and oxygen atoms in total. The van der Waals surface area contributed by atoms with E-state index in [9.17, 15) is 5.21 Å². The molecule has 2 aromatic heterocycles. The van der Waals surface area contributed by atoms with Crippen LogP contribution in [0.5, 0.6) is 0 Å². The number of aromatic nitrogens is 2. The van der Waals surface area contributed by atoms with Crippen LogP contribution in [0.25, 0.3) is 17.0 Å². The van der Waals surface area contributed by atoms with Crippen LogP contribution in [0.1, 0.15) is 12.6 Å². The van der Waals surface area contributed by atoms with Gasteiger partial charge in [0.15, 0.2) is 6.20 Å². The summed E-state index contributed by atoms with van der Waals surface area (Å²) in [5.74, 6) is 0. The second-order valence-electron chi connectivity index (χ2n) is 4.36. The zero-order valence-corrected chi connectivity index (χ0v) is 11.4. The molecule has 0 aromatic carbocycles. The minimum atomic E-state index is 0.441. The Balaban J connectivity index is 2.22. The molecule has 20 heavy (non-hydrogen) atoms. The van der Waals surface area contributed by atoms with Crippen LogP contribution in [0.2, 0.25) is 0 Å². The molecule has 0 saturated heterocycles. The number of nitrogens with one attached hydrogen (secondary N) is 1. The summed E-state index contributed by atoms with van der Waals surface area (Å²) in [6, 6.07) is 11.9. The Morgan fingerprint density at radius 1 is 1.30 bits per heavy atom. The molecule has 2 rings (SSSR count). The van der Waals surface area contributed by atoms with Crippen LogP contribution in [0.4, 0.5) is 0 Å². The molecule has 3 N–H and O–H groups in total. The minimum absolute atomic E-state index is 0.441. The number of rotatable bonds is 5. The molecule has 4 heteroatoms. The van der Waals surface area contributed by atoms with Crippen LogP contribution in [0.3, 0.4) is 0 Å². The molecule has 102 valence electrons. The molecule has 2 aromatic rings. The number of aromatic amines is 1. The molecule has 0 atom stereocenters. The summed E-state index contributed by atoms with van der Waals surface area (Å²) in [5, 5.41) is 10.2. The van der Waals surface area contributed by atoms with E-state index in [1.165, 1.54) is 0 Å². The standard InChI is InChI=1S/C16H17N3O/c1-13(7-2-5-12-18-20)14-9-6-10-16(19-14)15-8-3-4-11-17-15/h2-11H,12,18H2,1H3/p+1/b5-2-,13-7+. The number of hydrogen-bond donors (Lipinski definition) is 1. The zero-order chi connectivity index (χ0) is 14.2. The first-order chi connectivity index (χ1) is 9.81. The van der Waals surface area contributed by atoms with Crippen molar-refractivity contribution in [3.05, 3.63) is 71.7 Å². The Kier molecular flexibility index (Phi) is 5.17. The molecule has 0 spiro atoms. The number of H-pyrrole nitrogens is 1. The summed E-state index contributed by atoms with van der Waals surface area (Å²) in [5.41, 5.74) is 4.76. The molecule has 0 unspecified atom stereocenters. The van der Waals surface area contributed by atoms with Gasteiger partial charge in [-0.1, -0.05) is 18.2 Å². The van der Waals surface area contributed by atoms with Crippen LogP contribution < -0.4 is 10.5 Å². The Morgan fingerprint density at radius 3 is 2.95 bits per heavy atom. The van der Waals surface area contributed by atoms with Gasteiger partial charge in [-0.3, -0.25) is 0 Å². The van der Waals surface area contributed by atoms with Gasteiger partial charge in [0.25, 0.3) is 0 Å². The Hall–Kier alpha value is -2.30. The smallest absolute Gasteiger partial charge is 0.229 e. The van der Waals surface area contributed by atoms with Gasteiger partial charge in [0.1, 0.15) is 5.69 Å². The highest BCUT2D eigenvalue weighted by Crippen LogP contribution is 2.16. The topological polar surface area (TPSA) is 66.7 Å². The van der Waals surface area contributed by atoms with Crippen molar-refractivity contribution < 1.29 is 10.5 Å². The first-order valence-corrected chi connectivity index (χ1v) is 6.53. The molecule has 0 aliphatic rings. The van der Waals surface area contributed by atoms with E-state index in [1.54, 1.807) is 0 Å². The zero-order valence-electron chi connectivity index (χ0n) is 11.4. The van der Waals surface area contributed by atoms with Gasteiger partial charge in [0.2, 0.25) is 5.69 Å². The predicted octanol–water partition coefficient (Wildman–Crippen LogP) is 1.58. The first kappa shape index (κ1) is 14.1. The van der Waals surface area contributed by atoms with E-state index in [0.717, 1.165) is 28.1 Å². The van der Waals surface area contributed by atoms with Crippen LogP contribution in [0, 0.1) is 5.21 Å². The molecule has 0 saturated carbocycles. The maximum absolute atomic E-state index is 10.2. The van der Waals surface area contributed by atoms with E-state index < -0.39 is 0 Å². The maximum atomic E-state index is 10.2. The molecule has 0 aliphatic heterocycles. The van der Waals surface area contributed by atoms with E-state index in [0.29, 0.717) is 6.54 Å². The third kappa shape index (κ3) is 3.85. The highest BCUT2D eigenvalue weighted by atomic mass is 16.5. The van der Waals surface area contributed by atoms with Gasteiger partial charge < -0.3 is 10.7 Å². The Bertz CT molecular complexity index is 606.